The Morgan fingerprint density at radius 2 is 2.21 bits per heavy atom. The van der Waals surface area contributed by atoms with Gasteiger partial charge in [-0.2, -0.15) is 0 Å². The number of rotatable bonds is 2. The summed E-state index contributed by atoms with van der Waals surface area (Å²) >= 11 is 0. The summed E-state index contributed by atoms with van der Waals surface area (Å²) in [4.78, 5) is 6.91. The van der Waals surface area contributed by atoms with E-state index in [1.165, 1.54) is 6.42 Å². The van der Waals surface area contributed by atoms with E-state index in [0.29, 0.717) is 6.04 Å². The second kappa shape index (κ2) is 4.70. The molecule has 100 valence electrons. The molecule has 1 aromatic carbocycles. The van der Waals surface area contributed by atoms with Gasteiger partial charge in [0.1, 0.15) is 0 Å². The SMILES string of the molecule is Cc1cc(NC2CCN(C)C2)c2cc(N)ccc2n1. The minimum absolute atomic E-state index is 0.511. The van der Waals surface area contributed by atoms with Crippen molar-refractivity contribution in [3.05, 3.63) is 30.0 Å². The Morgan fingerprint density at radius 1 is 1.37 bits per heavy atom. The van der Waals surface area contributed by atoms with E-state index in [-0.39, 0.29) is 0 Å². The molecule has 0 radical (unpaired) electrons. The molecule has 19 heavy (non-hydrogen) atoms. The lowest BCUT2D eigenvalue weighted by Crippen LogP contribution is -2.23. The van der Waals surface area contributed by atoms with Crippen molar-refractivity contribution in [1.82, 2.24) is 9.88 Å². The minimum Gasteiger partial charge on any atom is -0.399 e. The van der Waals surface area contributed by atoms with Crippen molar-refractivity contribution in [3.63, 3.8) is 0 Å². The number of aryl methyl sites for hydroxylation is 1. The van der Waals surface area contributed by atoms with Crippen LogP contribution in [-0.4, -0.2) is 36.1 Å². The highest BCUT2D eigenvalue weighted by Gasteiger charge is 2.19. The third-order valence-corrected chi connectivity index (χ3v) is 3.71. The first-order chi connectivity index (χ1) is 9.11. The molecule has 0 saturated carbocycles. The fraction of sp³-hybridized carbons (Fsp3) is 0.400. The summed E-state index contributed by atoms with van der Waals surface area (Å²) in [5.74, 6) is 0. The Morgan fingerprint density at radius 3 is 2.95 bits per heavy atom. The van der Waals surface area contributed by atoms with Crippen LogP contribution in [0.4, 0.5) is 11.4 Å². The maximum atomic E-state index is 5.90. The molecule has 2 heterocycles. The number of nitrogens with one attached hydrogen (secondary N) is 1. The molecule has 1 atom stereocenters. The quantitative estimate of drug-likeness (QED) is 0.809. The Balaban J connectivity index is 1.99. The Kier molecular flexibility index (Phi) is 3.03. The fourth-order valence-corrected chi connectivity index (χ4v) is 2.77. The first-order valence-corrected chi connectivity index (χ1v) is 6.74. The van der Waals surface area contributed by atoms with E-state index in [1.807, 2.05) is 25.1 Å². The van der Waals surface area contributed by atoms with Gasteiger partial charge in [0.05, 0.1) is 5.52 Å². The van der Waals surface area contributed by atoms with Crippen LogP contribution in [0, 0.1) is 6.92 Å². The molecule has 4 nitrogen and oxygen atoms in total. The van der Waals surface area contributed by atoms with E-state index in [1.54, 1.807) is 0 Å². The predicted octanol–water partition coefficient (Wildman–Crippen LogP) is 2.24. The summed E-state index contributed by atoms with van der Waals surface area (Å²) < 4.78 is 0. The largest absolute Gasteiger partial charge is 0.399 e. The van der Waals surface area contributed by atoms with Gasteiger partial charge in [0.25, 0.3) is 0 Å². The summed E-state index contributed by atoms with van der Waals surface area (Å²) in [5.41, 5.74) is 9.86. The van der Waals surface area contributed by atoms with E-state index in [4.69, 9.17) is 5.73 Å². The van der Waals surface area contributed by atoms with Crippen molar-refractivity contribution in [2.45, 2.75) is 19.4 Å². The van der Waals surface area contributed by atoms with Crippen LogP contribution in [0.25, 0.3) is 10.9 Å². The summed E-state index contributed by atoms with van der Waals surface area (Å²) in [6.07, 6.45) is 1.18. The molecule has 1 aliphatic heterocycles. The van der Waals surface area contributed by atoms with E-state index in [0.717, 1.165) is 41.1 Å². The summed E-state index contributed by atoms with van der Waals surface area (Å²) in [6.45, 7) is 4.27. The van der Waals surface area contributed by atoms with Crippen LogP contribution in [-0.2, 0) is 0 Å². The lowest BCUT2D eigenvalue weighted by Gasteiger charge is -2.17. The monoisotopic (exact) mass is 256 g/mol. The number of aromatic nitrogens is 1. The van der Waals surface area contributed by atoms with E-state index in [9.17, 15) is 0 Å². The van der Waals surface area contributed by atoms with Crippen LogP contribution in [0.5, 0.6) is 0 Å². The van der Waals surface area contributed by atoms with Crippen LogP contribution in [0.3, 0.4) is 0 Å². The van der Waals surface area contributed by atoms with E-state index >= 15 is 0 Å². The Hall–Kier alpha value is -1.81. The molecule has 0 amide bonds. The van der Waals surface area contributed by atoms with Gasteiger partial charge in [-0.1, -0.05) is 0 Å². The second-order valence-corrected chi connectivity index (χ2v) is 5.48. The number of likely N-dealkylation sites (tertiary alicyclic amines) is 1. The molecule has 1 unspecified atom stereocenters. The number of benzene rings is 1. The molecular formula is C15H20N4. The smallest absolute Gasteiger partial charge is 0.0727 e. The number of nitrogens with zero attached hydrogens (tertiary/aromatic N) is 2. The van der Waals surface area contributed by atoms with Gasteiger partial charge in [0, 0.05) is 35.0 Å². The van der Waals surface area contributed by atoms with Crippen LogP contribution < -0.4 is 11.1 Å². The number of anilines is 2. The highest BCUT2D eigenvalue weighted by atomic mass is 15.2. The number of nitrogens with two attached hydrogens (primary N) is 1. The molecule has 1 aliphatic rings. The van der Waals surface area contributed by atoms with Gasteiger partial charge in [-0.05, 0) is 51.2 Å². The lowest BCUT2D eigenvalue weighted by molar-refractivity contribution is 0.414. The Bertz CT molecular complexity index is 608. The average molecular weight is 256 g/mol. The molecule has 3 rings (SSSR count). The average Bonchev–Trinajstić information content (AvgIpc) is 2.76. The molecule has 4 heteroatoms. The van der Waals surface area contributed by atoms with E-state index < -0.39 is 0 Å². The van der Waals surface area contributed by atoms with Gasteiger partial charge >= 0.3 is 0 Å². The first-order valence-electron chi connectivity index (χ1n) is 6.74. The molecule has 1 aromatic heterocycles. The molecule has 1 fully saturated rings. The molecular weight excluding hydrogens is 236 g/mol. The van der Waals surface area contributed by atoms with Gasteiger partial charge in [0.15, 0.2) is 0 Å². The van der Waals surface area contributed by atoms with Crippen molar-refractivity contribution in [2.24, 2.45) is 0 Å². The van der Waals surface area contributed by atoms with E-state index in [2.05, 4.69) is 28.3 Å². The molecule has 0 spiro atoms. The lowest BCUT2D eigenvalue weighted by atomic mass is 10.1. The van der Waals surface area contributed by atoms with Crippen LogP contribution in [0.15, 0.2) is 24.3 Å². The summed E-state index contributed by atoms with van der Waals surface area (Å²) in [5, 5.41) is 4.76. The van der Waals surface area contributed by atoms with Crippen LogP contribution >= 0.6 is 0 Å². The number of hydrogen-bond acceptors (Lipinski definition) is 4. The molecule has 3 N–H and O–H groups in total. The number of hydrogen-bond donors (Lipinski definition) is 2. The van der Waals surface area contributed by atoms with Crippen LogP contribution in [0.1, 0.15) is 12.1 Å². The maximum absolute atomic E-state index is 5.90. The topological polar surface area (TPSA) is 54.2 Å². The van der Waals surface area contributed by atoms with Crippen molar-refractivity contribution < 1.29 is 0 Å². The fourth-order valence-electron chi connectivity index (χ4n) is 2.77. The first kappa shape index (κ1) is 12.2. The zero-order valence-corrected chi connectivity index (χ0v) is 11.5. The summed E-state index contributed by atoms with van der Waals surface area (Å²) in [7, 11) is 2.16. The maximum Gasteiger partial charge on any atom is 0.0727 e. The number of nitrogen functional groups attached to an aromatic ring is 1. The van der Waals surface area contributed by atoms with Crippen molar-refractivity contribution >= 4 is 22.3 Å². The predicted molar refractivity (Wildman–Crippen MR) is 80.4 cm³/mol. The molecule has 0 aliphatic carbocycles. The van der Waals surface area contributed by atoms with Crippen molar-refractivity contribution in [3.8, 4) is 0 Å². The molecule has 0 bridgehead atoms. The molecule has 1 saturated heterocycles. The second-order valence-electron chi connectivity index (χ2n) is 5.48. The third-order valence-electron chi connectivity index (χ3n) is 3.71. The zero-order chi connectivity index (χ0) is 13.4. The van der Waals surface area contributed by atoms with Gasteiger partial charge in [-0.25, -0.2) is 0 Å². The summed E-state index contributed by atoms with van der Waals surface area (Å²) in [6, 6.07) is 8.52. The van der Waals surface area contributed by atoms with Gasteiger partial charge < -0.3 is 16.0 Å². The van der Waals surface area contributed by atoms with Crippen molar-refractivity contribution in [1.29, 1.82) is 0 Å². The highest BCUT2D eigenvalue weighted by molar-refractivity contribution is 5.93. The minimum atomic E-state index is 0.511. The van der Waals surface area contributed by atoms with Gasteiger partial charge in [-0.3, -0.25) is 4.98 Å². The highest BCUT2D eigenvalue weighted by Crippen LogP contribution is 2.27. The Labute approximate surface area is 113 Å². The number of likely N-dealkylation sites (N-methyl/N-ethyl adjacent to an activating group) is 1. The third kappa shape index (κ3) is 2.49. The van der Waals surface area contributed by atoms with Gasteiger partial charge in [-0.15, -0.1) is 0 Å². The van der Waals surface area contributed by atoms with Gasteiger partial charge in [0.2, 0.25) is 0 Å². The normalized spacial score (nSPS) is 20.0. The van der Waals surface area contributed by atoms with Crippen LogP contribution in [0.2, 0.25) is 0 Å². The number of fused-ring (bicyclic) bond motifs is 1. The zero-order valence-electron chi connectivity index (χ0n) is 11.5. The standard InChI is InChI=1S/C15H20N4/c1-10-7-15(18-12-5-6-19(2)9-12)13-8-11(16)3-4-14(13)17-10/h3-4,7-8,12H,5-6,9,16H2,1-2H3,(H,17,18). The van der Waals surface area contributed by atoms with Crippen molar-refractivity contribution in [2.75, 3.05) is 31.2 Å². The number of pyridine rings is 1. The molecule has 2 aromatic rings.